The smallest absolute Gasteiger partial charge is 0.0457 e. The van der Waals surface area contributed by atoms with Crippen molar-refractivity contribution in [3.05, 3.63) is 70.0 Å². The standard InChI is InChI=1S/C17H12Cl2N2/c18-12-1-3-16-14(6-12)10(8-20-16)5-11-9-21-17-4-2-13(19)7-15(11)17/h1-4,6-9,20-21H,5H2/i5D2. The van der Waals surface area contributed by atoms with E-state index in [1.54, 1.807) is 36.7 Å². The van der Waals surface area contributed by atoms with Crippen molar-refractivity contribution in [1.29, 1.82) is 0 Å². The van der Waals surface area contributed by atoms with Crippen molar-refractivity contribution in [1.82, 2.24) is 9.97 Å². The van der Waals surface area contributed by atoms with Crippen LogP contribution in [0, 0.1) is 0 Å². The third-order valence-corrected chi connectivity index (χ3v) is 4.03. The molecule has 4 rings (SSSR count). The van der Waals surface area contributed by atoms with Crippen LogP contribution in [0.3, 0.4) is 0 Å². The summed E-state index contributed by atoms with van der Waals surface area (Å²) in [5.41, 5.74) is 2.81. The maximum atomic E-state index is 8.69. The van der Waals surface area contributed by atoms with Crippen LogP contribution in [0.5, 0.6) is 0 Å². The molecule has 0 amide bonds. The molecule has 4 heteroatoms. The van der Waals surface area contributed by atoms with E-state index in [-0.39, 0.29) is 0 Å². The lowest BCUT2D eigenvalue weighted by Gasteiger charge is -2.00. The zero-order valence-electron chi connectivity index (χ0n) is 12.9. The molecule has 2 aromatic carbocycles. The Labute approximate surface area is 134 Å². The van der Waals surface area contributed by atoms with Crippen molar-refractivity contribution >= 4 is 45.0 Å². The van der Waals surface area contributed by atoms with Gasteiger partial charge in [0.2, 0.25) is 0 Å². The van der Waals surface area contributed by atoms with Gasteiger partial charge < -0.3 is 9.97 Å². The Hall–Kier alpha value is -1.90. The first-order valence-electron chi connectivity index (χ1n) is 7.51. The lowest BCUT2D eigenvalue weighted by atomic mass is 10.0. The maximum absolute atomic E-state index is 8.69. The highest BCUT2D eigenvalue weighted by Gasteiger charge is 2.09. The average Bonchev–Trinajstić information content (AvgIpc) is 3.10. The summed E-state index contributed by atoms with van der Waals surface area (Å²) in [6, 6.07) is 10.8. The van der Waals surface area contributed by atoms with E-state index < -0.39 is 6.37 Å². The van der Waals surface area contributed by atoms with Gasteiger partial charge in [-0.2, -0.15) is 0 Å². The fourth-order valence-corrected chi connectivity index (χ4v) is 2.88. The van der Waals surface area contributed by atoms with E-state index in [0.29, 0.717) is 21.2 Å². The van der Waals surface area contributed by atoms with Gasteiger partial charge in [-0.15, -0.1) is 0 Å². The number of hydrogen-bond acceptors (Lipinski definition) is 0. The number of nitrogens with one attached hydrogen (secondary N) is 2. The number of H-pyrrole nitrogens is 2. The Balaban J connectivity index is 1.97. The molecule has 0 fully saturated rings. The van der Waals surface area contributed by atoms with Crippen molar-refractivity contribution in [2.24, 2.45) is 0 Å². The molecule has 0 saturated carbocycles. The highest BCUT2D eigenvalue weighted by atomic mass is 35.5. The summed E-state index contributed by atoms with van der Waals surface area (Å²) >= 11 is 12.2. The van der Waals surface area contributed by atoms with E-state index in [2.05, 4.69) is 9.97 Å². The molecule has 2 N–H and O–H groups in total. The summed E-state index contributed by atoms with van der Waals surface area (Å²) in [6.45, 7) is 0. The Morgan fingerprint density at radius 2 is 1.29 bits per heavy atom. The lowest BCUT2D eigenvalue weighted by molar-refractivity contribution is 1.22. The summed E-state index contributed by atoms with van der Waals surface area (Å²) in [6.07, 6.45) is 1.71. The zero-order chi connectivity index (χ0) is 16.2. The first-order valence-corrected chi connectivity index (χ1v) is 7.26. The molecule has 0 saturated heterocycles. The van der Waals surface area contributed by atoms with Crippen LogP contribution >= 0.6 is 23.2 Å². The third-order valence-electron chi connectivity index (χ3n) is 3.56. The summed E-state index contributed by atoms with van der Waals surface area (Å²) < 4.78 is 17.4. The van der Waals surface area contributed by atoms with Crippen LogP contribution < -0.4 is 0 Å². The van der Waals surface area contributed by atoms with E-state index in [9.17, 15) is 0 Å². The first-order chi connectivity index (χ1) is 11.0. The van der Waals surface area contributed by atoms with Crippen molar-refractivity contribution < 1.29 is 2.74 Å². The molecule has 0 aliphatic rings. The molecule has 2 nitrogen and oxygen atoms in total. The van der Waals surface area contributed by atoms with Crippen molar-refractivity contribution in [2.45, 2.75) is 6.37 Å². The predicted molar refractivity (Wildman–Crippen MR) is 89.4 cm³/mol. The summed E-state index contributed by atoms with van der Waals surface area (Å²) in [4.78, 5) is 6.22. The quantitative estimate of drug-likeness (QED) is 0.486. The SMILES string of the molecule is [2H]C([2H])(c1c[nH]c2ccc(Cl)cc12)c1c[nH]c2ccc(Cl)cc12. The topological polar surface area (TPSA) is 31.6 Å². The molecule has 0 aliphatic heterocycles. The lowest BCUT2D eigenvalue weighted by Crippen LogP contribution is -1.85. The number of rotatable bonds is 2. The van der Waals surface area contributed by atoms with Gasteiger partial charge in [0.05, 0.1) is 0 Å². The van der Waals surface area contributed by atoms with Crippen molar-refractivity contribution in [2.75, 3.05) is 0 Å². The Kier molecular flexibility index (Phi) is 2.48. The molecule has 0 spiro atoms. The maximum Gasteiger partial charge on any atom is 0.0457 e. The predicted octanol–water partition coefficient (Wildman–Crippen LogP) is 5.55. The number of hydrogen-bond donors (Lipinski definition) is 2. The molecular weight excluding hydrogens is 303 g/mol. The van der Waals surface area contributed by atoms with E-state index in [1.807, 2.05) is 12.1 Å². The number of aromatic amines is 2. The van der Waals surface area contributed by atoms with Gasteiger partial charge in [-0.3, -0.25) is 0 Å². The number of fused-ring (bicyclic) bond motifs is 2. The monoisotopic (exact) mass is 316 g/mol. The van der Waals surface area contributed by atoms with E-state index >= 15 is 0 Å². The number of halogens is 2. The third kappa shape index (κ3) is 2.21. The number of benzene rings is 2. The fourth-order valence-electron chi connectivity index (χ4n) is 2.54. The van der Waals surface area contributed by atoms with Gasteiger partial charge >= 0.3 is 0 Å². The first kappa shape index (κ1) is 10.8. The largest absolute Gasteiger partial charge is 0.361 e. The molecule has 0 bridgehead atoms. The van der Waals surface area contributed by atoms with Gasteiger partial charge in [0.15, 0.2) is 0 Å². The molecule has 21 heavy (non-hydrogen) atoms. The van der Waals surface area contributed by atoms with Crippen molar-refractivity contribution in [3.63, 3.8) is 0 Å². The minimum Gasteiger partial charge on any atom is -0.361 e. The number of aromatic nitrogens is 2. The normalized spacial score (nSPS) is 13.6. The van der Waals surface area contributed by atoms with Crippen LogP contribution in [0.25, 0.3) is 21.8 Å². The molecule has 4 aromatic rings. The van der Waals surface area contributed by atoms with E-state index in [1.165, 1.54) is 0 Å². The van der Waals surface area contributed by atoms with E-state index in [4.69, 9.17) is 25.9 Å². The molecule has 2 aromatic heterocycles. The molecule has 104 valence electrons. The summed E-state index contributed by atoms with van der Waals surface area (Å²) in [5, 5.41) is 2.71. The molecule has 0 aliphatic carbocycles. The van der Waals surface area contributed by atoms with Crippen LogP contribution in [-0.2, 0) is 6.37 Å². The Bertz CT molecular complexity index is 952. The summed E-state index contributed by atoms with van der Waals surface area (Å²) in [7, 11) is 0. The van der Waals surface area contributed by atoms with E-state index in [0.717, 1.165) is 21.8 Å². The van der Waals surface area contributed by atoms with Gasteiger partial charge in [-0.25, -0.2) is 0 Å². The molecule has 0 unspecified atom stereocenters. The second kappa shape index (κ2) is 4.83. The highest BCUT2D eigenvalue weighted by Crippen LogP contribution is 2.28. The van der Waals surface area contributed by atoms with Crippen LogP contribution in [0.15, 0.2) is 48.8 Å². The van der Waals surface area contributed by atoms with Crippen molar-refractivity contribution in [3.8, 4) is 0 Å². The van der Waals surface area contributed by atoms with Gasteiger partial charge in [-0.05, 0) is 47.5 Å². The Morgan fingerprint density at radius 3 is 1.76 bits per heavy atom. The zero-order valence-corrected chi connectivity index (χ0v) is 12.4. The van der Waals surface area contributed by atoms with Crippen LogP contribution in [0.4, 0.5) is 0 Å². The van der Waals surface area contributed by atoms with Gasteiger partial charge in [0.1, 0.15) is 0 Å². The molecule has 2 heterocycles. The fraction of sp³-hybridized carbons (Fsp3) is 0.0588. The van der Waals surface area contributed by atoms with Gasteiger partial charge in [0.25, 0.3) is 0 Å². The Morgan fingerprint density at radius 1 is 0.810 bits per heavy atom. The van der Waals surface area contributed by atoms with Crippen LogP contribution in [0.1, 0.15) is 13.9 Å². The minimum absolute atomic E-state index is 0.552. The van der Waals surface area contributed by atoms with Crippen LogP contribution in [0.2, 0.25) is 10.0 Å². The van der Waals surface area contributed by atoms with Crippen LogP contribution in [-0.4, -0.2) is 9.97 Å². The second-order valence-electron chi connectivity index (χ2n) is 4.91. The highest BCUT2D eigenvalue weighted by molar-refractivity contribution is 6.31. The molecular formula is C17H12Cl2N2. The second-order valence-corrected chi connectivity index (χ2v) is 5.78. The molecule has 0 atom stereocenters. The minimum atomic E-state index is -1.69. The average molecular weight is 317 g/mol. The summed E-state index contributed by atoms with van der Waals surface area (Å²) in [5.74, 6) is 0. The molecule has 0 radical (unpaired) electrons. The van der Waals surface area contributed by atoms with Gasteiger partial charge in [0, 0.05) is 53.4 Å². The van der Waals surface area contributed by atoms with Gasteiger partial charge in [-0.1, -0.05) is 23.2 Å².